The number of carbonyl (C=O) groups excluding carboxylic acids is 1. The Kier molecular flexibility index (Phi) is 3.79. The molecule has 1 atom stereocenters. The van der Waals surface area contributed by atoms with Crippen molar-refractivity contribution in [3.63, 3.8) is 0 Å². The number of anilines is 1. The Morgan fingerprint density at radius 1 is 1.47 bits per heavy atom. The topological polar surface area (TPSA) is 41.1 Å². The first kappa shape index (κ1) is 12.1. The van der Waals surface area contributed by atoms with E-state index in [1.807, 2.05) is 32.0 Å². The summed E-state index contributed by atoms with van der Waals surface area (Å²) in [5, 5.41) is 6.54. The number of ketones is 1. The van der Waals surface area contributed by atoms with Crippen molar-refractivity contribution in [1.82, 2.24) is 5.32 Å². The van der Waals surface area contributed by atoms with E-state index in [1.54, 1.807) is 0 Å². The van der Waals surface area contributed by atoms with E-state index in [9.17, 15) is 4.79 Å². The second kappa shape index (κ2) is 5.32. The number of rotatable bonds is 5. The highest BCUT2D eigenvalue weighted by Gasteiger charge is 2.19. The Hall–Kier alpha value is -1.35. The molecule has 1 aromatic carbocycles. The van der Waals surface area contributed by atoms with Crippen molar-refractivity contribution in [2.24, 2.45) is 0 Å². The fraction of sp³-hybridized carbons (Fsp3) is 0.500. The summed E-state index contributed by atoms with van der Waals surface area (Å²) in [6.45, 7) is 5.89. The van der Waals surface area contributed by atoms with Crippen LogP contribution in [-0.4, -0.2) is 24.9 Å². The van der Waals surface area contributed by atoms with Crippen LogP contribution in [-0.2, 0) is 6.42 Å². The molecule has 1 unspecified atom stereocenters. The average molecular weight is 232 g/mol. The lowest BCUT2D eigenvalue weighted by molar-refractivity contribution is 0.0941. The van der Waals surface area contributed by atoms with Crippen LogP contribution in [0.4, 0.5) is 5.69 Å². The molecule has 2 rings (SSSR count). The van der Waals surface area contributed by atoms with Gasteiger partial charge in [0.05, 0.1) is 6.04 Å². The van der Waals surface area contributed by atoms with Gasteiger partial charge in [0.1, 0.15) is 0 Å². The van der Waals surface area contributed by atoms with Crippen LogP contribution >= 0.6 is 0 Å². The predicted octanol–water partition coefficient (Wildman–Crippen LogP) is 2.23. The van der Waals surface area contributed by atoms with Gasteiger partial charge in [-0.15, -0.1) is 0 Å². The van der Waals surface area contributed by atoms with Crippen LogP contribution in [0.5, 0.6) is 0 Å². The Balaban J connectivity index is 2.19. The van der Waals surface area contributed by atoms with E-state index in [4.69, 9.17) is 0 Å². The summed E-state index contributed by atoms with van der Waals surface area (Å²) in [7, 11) is 0. The number of Topliss-reactive ketones (excluding diaryl/α,β-unsaturated/α-hetero) is 1. The van der Waals surface area contributed by atoms with E-state index in [1.165, 1.54) is 11.3 Å². The van der Waals surface area contributed by atoms with Crippen molar-refractivity contribution in [3.05, 3.63) is 29.3 Å². The number of hydrogen-bond donors (Lipinski definition) is 2. The van der Waals surface area contributed by atoms with E-state index in [-0.39, 0.29) is 11.8 Å². The molecule has 17 heavy (non-hydrogen) atoms. The lowest BCUT2D eigenvalue weighted by Crippen LogP contribution is -2.36. The Morgan fingerprint density at radius 2 is 2.29 bits per heavy atom. The highest BCUT2D eigenvalue weighted by molar-refractivity contribution is 6.00. The van der Waals surface area contributed by atoms with Crippen molar-refractivity contribution in [1.29, 1.82) is 0 Å². The SMILES string of the molecule is CCNC(CC)C(=O)c1ccc2c(c1)CCN2. The molecule has 2 N–H and O–H groups in total. The van der Waals surface area contributed by atoms with Gasteiger partial charge in [-0.1, -0.05) is 13.8 Å². The van der Waals surface area contributed by atoms with Crippen LogP contribution < -0.4 is 10.6 Å². The van der Waals surface area contributed by atoms with Crippen LogP contribution in [0.25, 0.3) is 0 Å². The normalized spacial score (nSPS) is 15.2. The first-order chi connectivity index (χ1) is 8.26. The summed E-state index contributed by atoms with van der Waals surface area (Å²) in [6.07, 6.45) is 1.86. The summed E-state index contributed by atoms with van der Waals surface area (Å²) in [5.41, 5.74) is 3.28. The minimum atomic E-state index is -0.0487. The van der Waals surface area contributed by atoms with E-state index in [0.29, 0.717) is 0 Å². The molecular formula is C14H20N2O. The van der Waals surface area contributed by atoms with E-state index in [0.717, 1.165) is 31.5 Å². The van der Waals surface area contributed by atoms with Gasteiger partial charge in [0.15, 0.2) is 5.78 Å². The second-order valence-corrected chi connectivity index (χ2v) is 4.43. The average Bonchev–Trinajstić information content (AvgIpc) is 2.82. The lowest BCUT2D eigenvalue weighted by Gasteiger charge is -2.15. The third-order valence-corrected chi connectivity index (χ3v) is 3.27. The molecule has 92 valence electrons. The van der Waals surface area contributed by atoms with Gasteiger partial charge < -0.3 is 10.6 Å². The third kappa shape index (κ3) is 2.50. The van der Waals surface area contributed by atoms with Crippen LogP contribution in [0.1, 0.15) is 36.2 Å². The molecule has 0 aliphatic carbocycles. The summed E-state index contributed by atoms with van der Waals surface area (Å²) in [6, 6.07) is 5.94. The molecule has 0 spiro atoms. The number of hydrogen-bond acceptors (Lipinski definition) is 3. The van der Waals surface area contributed by atoms with Gasteiger partial charge >= 0.3 is 0 Å². The first-order valence-electron chi connectivity index (χ1n) is 6.40. The summed E-state index contributed by atoms with van der Waals surface area (Å²) >= 11 is 0. The van der Waals surface area contributed by atoms with Crippen LogP contribution in [0.15, 0.2) is 18.2 Å². The molecule has 3 nitrogen and oxygen atoms in total. The number of likely N-dealkylation sites (N-methyl/N-ethyl adjacent to an activating group) is 1. The van der Waals surface area contributed by atoms with Crippen molar-refractivity contribution in [2.45, 2.75) is 32.7 Å². The third-order valence-electron chi connectivity index (χ3n) is 3.27. The van der Waals surface area contributed by atoms with E-state index >= 15 is 0 Å². The van der Waals surface area contributed by atoms with Crippen molar-refractivity contribution in [2.75, 3.05) is 18.4 Å². The Morgan fingerprint density at radius 3 is 3.00 bits per heavy atom. The molecule has 0 amide bonds. The second-order valence-electron chi connectivity index (χ2n) is 4.43. The molecule has 0 saturated carbocycles. The molecule has 1 heterocycles. The summed E-state index contributed by atoms with van der Waals surface area (Å²) in [4.78, 5) is 12.3. The molecule has 1 aromatic rings. The molecule has 0 fully saturated rings. The number of benzene rings is 1. The fourth-order valence-corrected chi connectivity index (χ4v) is 2.33. The minimum absolute atomic E-state index is 0.0487. The minimum Gasteiger partial charge on any atom is -0.384 e. The van der Waals surface area contributed by atoms with Gasteiger partial charge in [-0.3, -0.25) is 4.79 Å². The number of fused-ring (bicyclic) bond motifs is 1. The Labute approximate surface area is 103 Å². The van der Waals surface area contributed by atoms with Gasteiger partial charge in [-0.25, -0.2) is 0 Å². The summed E-state index contributed by atoms with van der Waals surface area (Å²) < 4.78 is 0. The monoisotopic (exact) mass is 232 g/mol. The fourth-order valence-electron chi connectivity index (χ4n) is 2.33. The largest absolute Gasteiger partial charge is 0.384 e. The van der Waals surface area contributed by atoms with E-state index < -0.39 is 0 Å². The quantitative estimate of drug-likeness (QED) is 0.765. The van der Waals surface area contributed by atoms with Crippen molar-refractivity contribution < 1.29 is 4.79 Å². The highest BCUT2D eigenvalue weighted by Crippen LogP contribution is 2.23. The summed E-state index contributed by atoms with van der Waals surface area (Å²) in [5.74, 6) is 0.212. The van der Waals surface area contributed by atoms with Crippen LogP contribution in [0.3, 0.4) is 0 Å². The van der Waals surface area contributed by atoms with E-state index in [2.05, 4.69) is 10.6 Å². The number of nitrogens with one attached hydrogen (secondary N) is 2. The lowest BCUT2D eigenvalue weighted by atomic mass is 9.99. The highest BCUT2D eigenvalue weighted by atomic mass is 16.1. The molecule has 1 aliphatic heterocycles. The maximum absolute atomic E-state index is 12.3. The standard InChI is InChI=1S/C14H20N2O/c1-3-12(15-4-2)14(17)11-5-6-13-10(9-11)7-8-16-13/h5-6,9,12,15-16H,3-4,7-8H2,1-2H3. The predicted molar refractivity (Wildman–Crippen MR) is 70.7 cm³/mol. The zero-order valence-electron chi connectivity index (χ0n) is 10.5. The maximum atomic E-state index is 12.3. The van der Waals surface area contributed by atoms with Crippen molar-refractivity contribution in [3.8, 4) is 0 Å². The zero-order chi connectivity index (χ0) is 12.3. The molecule has 3 heteroatoms. The van der Waals surface area contributed by atoms with Crippen LogP contribution in [0, 0.1) is 0 Å². The van der Waals surface area contributed by atoms with Gasteiger partial charge in [-0.2, -0.15) is 0 Å². The molecular weight excluding hydrogens is 212 g/mol. The van der Waals surface area contributed by atoms with Gasteiger partial charge in [0.2, 0.25) is 0 Å². The van der Waals surface area contributed by atoms with Crippen LogP contribution in [0.2, 0.25) is 0 Å². The molecule has 0 radical (unpaired) electrons. The smallest absolute Gasteiger partial charge is 0.179 e. The molecule has 0 saturated heterocycles. The Bertz CT molecular complexity index is 415. The maximum Gasteiger partial charge on any atom is 0.179 e. The van der Waals surface area contributed by atoms with Gasteiger partial charge in [0.25, 0.3) is 0 Å². The van der Waals surface area contributed by atoms with Gasteiger partial charge in [-0.05, 0) is 43.1 Å². The van der Waals surface area contributed by atoms with Gasteiger partial charge in [0, 0.05) is 17.8 Å². The molecule has 1 aliphatic rings. The van der Waals surface area contributed by atoms with Crippen molar-refractivity contribution >= 4 is 11.5 Å². The molecule has 0 aromatic heterocycles. The first-order valence-corrected chi connectivity index (χ1v) is 6.40. The zero-order valence-corrected chi connectivity index (χ0v) is 10.5. The number of carbonyl (C=O) groups is 1. The molecule has 0 bridgehead atoms.